The third-order valence-corrected chi connectivity index (χ3v) is 2.59. The molecule has 1 nitrogen and oxygen atoms in total. The van der Waals surface area contributed by atoms with Gasteiger partial charge in [0.1, 0.15) is 5.15 Å². The molecule has 0 amide bonds. The highest BCUT2D eigenvalue weighted by Crippen LogP contribution is 2.39. The lowest BCUT2D eigenvalue weighted by atomic mass is 10.1. The van der Waals surface area contributed by atoms with Gasteiger partial charge in [-0.15, -0.1) is 0 Å². The summed E-state index contributed by atoms with van der Waals surface area (Å²) in [6.45, 7) is 0. The van der Waals surface area contributed by atoms with E-state index in [2.05, 4.69) is 20.9 Å². The van der Waals surface area contributed by atoms with Crippen LogP contribution in [0, 0.1) is 0 Å². The molecule has 0 radical (unpaired) electrons. The van der Waals surface area contributed by atoms with Crippen LogP contribution in [0.4, 0.5) is 22.0 Å². The van der Waals surface area contributed by atoms with Crippen molar-refractivity contribution in [2.24, 2.45) is 0 Å². The summed E-state index contributed by atoms with van der Waals surface area (Å²) in [6.07, 6.45) is -8.20. The van der Waals surface area contributed by atoms with Crippen LogP contribution in [0.5, 0.6) is 0 Å². The quantitative estimate of drug-likeness (QED) is 0.440. The Labute approximate surface area is 101 Å². The monoisotopic (exact) mass is 323 g/mol. The van der Waals surface area contributed by atoms with Crippen molar-refractivity contribution in [1.29, 1.82) is 0 Å². The summed E-state index contributed by atoms with van der Waals surface area (Å²) < 4.78 is 62.2. The van der Waals surface area contributed by atoms with Crippen LogP contribution in [0.15, 0.2) is 6.07 Å². The molecule has 0 N–H and O–H groups in total. The van der Waals surface area contributed by atoms with Gasteiger partial charge in [-0.3, -0.25) is 0 Å². The fourth-order valence-electron chi connectivity index (χ4n) is 1.08. The van der Waals surface area contributed by atoms with Crippen LogP contribution < -0.4 is 0 Å². The number of hydrogen-bond acceptors (Lipinski definition) is 1. The Balaban J connectivity index is 3.47. The molecule has 0 aromatic carbocycles. The SMILES string of the molecule is FC(F)c1c(C(F)(F)F)cc(CBr)nc1Cl. The number of alkyl halides is 6. The Morgan fingerprint density at radius 2 is 1.94 bits per heavy atom. The Morgan fingerprint density at radius 3 is 2.31 bits per heavy atom. The van der Waals surface area contributed by atoms with Crippen LogP contribution in [-0.4, -0.2) is 4.98 Å². The number of hydrogen-bond donors (Lipinski definition) is 0. The van der Waals surface area contributed by atoms with Gasteiger partial charge >= 0.3 is 6.18 Å². The van der Waals surface area contributed by atoms with Gasteiger partial charge in [-0.1, -0.05) is 27.5 Å². The Morgan fingerprint density at radius 1 is 1.38 bits per heavy atom. The van der Waals surface area contributed by atoms with Crippen molar-refractivity contribution < 1.29 is 22.0 Å². The molecular formula is C8H4BrClF5N. The summed E-state index contributed by atoms with van der Waals surface area (Å²) in [6, 6.07) is 0.558. The van der Waals surface area contributed by atoms with Gasteiger partial charge in [-0.2, -0.15) is 13.2 Å². The summed E-state index contributed by atoms with van der Waals surface area (Å²) >= 11 is 8.18. The summed E-state index contributed by atoms with van der Waals surface area (Å²) in [5.41, 5.74) is -2.78. The summed E-state index contributed by atoms with van der Waals surface area (Å²) in [5, 5.41) is -0.821. The molecule has 1 aromatic heterocycles. The van der Waals surface area contributed by atoms with E-state index in [4.69, 9.17) is 11.6 Å². The lowest BCUT2D eigenvalue weighted by molar-refractivity contribution is -0.139. The molecule has 0 aliphatic heterocycles. The topological polar surface area (TPSA) is 12.9 Å². The lowest BCUT2D eigenvalue weighted by Crippen LogP contribution is -2.12. The zero-order chi connectivity index (χ0) is 12.5. The average Bonchev–Trinajstić information content (AvgIpc) is 2.14. The molecule has 0 saturated carbocycles. The molecule has 0 fully saturated rings. The van der Waals surface area contributed by atoms with Gasteiger partial charge in [0.05, 0.1) is 16.8 Å². The van der Waals surface area contributed by atoms with E-state index >= 15 is 0 Å². The smallest absolute Gasteiger partial charge is 0.240 e. The zero-order valence-electron chi connectivity index (χ0n) is 7.45. The molecule has 0 spiro atoms. The van der Waals surface area contributed by atoms with Gasteiger partial charge in [0, 0.05) is 5.33 Å². The standard InChI is InChI=1S/C8H4BrClF5N/c9-2-3-1-4(8(13,14)15)5(7(11)12)6(10)16-3/h1,7H,2H2. The minimum absolute atomic E-state index is 0.000676. The molecule has 1 aromatic rings. The summed E-state index contributed by atoms with van der Waals surface area (Å²) in [7, 11) is 0. The zero-order valence-corrected chi connectivity index (χ0v) is 9.80. The highest BCUT2D eigenvalue weighted by Gasteiger charge is 2.37. The van der Waals surface area contributed by atoms with E-state index in [-0.39, 0.29) is 11.0 Å². The molecule has 8 heteroatoms. The Kier molecular flexibility index (Phi) is 4.12. The number of aromatic nitrogens is 1. The van der Waals surface area contributed by atoms with Crippen molar-refractivity contribution in [2.75, 3.05) is 0 Å². The highest BCUT2D eigenvalue weighted by atomic mass is 79.9. The second-order valence-electron chi connectivity index (χ2n) is 2.80. The maximum Gasteiger partial charge on any atom is 0.417 e. The van der Waals surface area contributed by atoms with E-state index in [0.717, 1.165) is 0 Å². The van der Waals surface area contributed by atoms with E-state index in [1.54, 1.807) is 0 Å². The maximum absolute atomic E-state index is 12.5. The first-order valence-corrected chi connectivity index (χ1v) is 5.38. The van der Waals surface area contributed by atoms with Gasteiger partial charge in [0.2, 0.25) is 0 Å². The van der Waals surface area contributed by atoms with Gasteiger partial charge in [-0.25, -0.2) is 13.8 Å². The number of rotatable bonds is 2. The van der Waals surface area contributed by atoms with E-state index in [1.807, 2.05) is 0 Å². The van der Waals surface area contributed by atoms with Crippen LogP contribution in [0.1, 0.15) is 23.2 Å². The third-order valence-electron chi connectivity index (χ3n) is 1.73. The first kappa shape index (κ1) is 13.6. The predicted octanol–water partition coefficient (Wildman–Crippen LogP) is 4.59. The Hall–Kier alpha value is -0.430. The first-order chi connectivity index (χ1) is 7.27. The van der Waals surface area contributed by atoms with Gasteiger partial charge in [-0.05, 0) is 6.07 Å². The number of nitrogens with zero attached hydrogens (tertiary/aromatic N) is 1. The molecule has 0 bridgehead atoms. The number of pyridine rings is 1. The fourth-order valence-corrected chi connectivity index (χ4v) is 1.66. The average molecular weight is 324 g/mol. The molecule has 0 aliphatic rings. The molecular weight excluding hydrogens is 320 g/mol. The van der Waals surface area contributed by atoms with Crippen molar-refractivity contribution in [3.8, 4) is 0 Å². The Bertz CT molecular complexity index is 393. The molecule has 0 saturated heterocycles. The summed E-state index contributed by atoms with van der Waals surface area (Å²) in [4.78, 5) is 3.43. The van der Waals surface area contributed by atoms with Gasteiger partial charge in [0.15, 0.2) is 0 Å². The normalized spacial score (nSPS) is 12.2. The number of halogens is 7. The molecule has 0 aliphatic carbocycles. The second kappa shape index (κ2) is 4.83. The minimum Gasteiger partial charge on any atom is -0.240 e. The minimum atomic E-state index is -4.88. The van der Waals surface area contributed by atoms with Crippen molar-refractivity contribution in [1.82, 2.24) is 4.98 Å². The van der Waals surface area contributed by atoms with E-state index in [9.17, 15) is 22.0 Å². The maximum atomic E-state index is 12.5. The highest BCUT2D eigenvalue weighted by molar-refractivity contribution is 9.08. The van der Waals surface area contributed by atoms with Crippen LogP contribution >= 0.6 is 27.5 Å². The predicted molar refractivity (Wildman–Crippen MR) is 51.8 cm³/mol. The van der Waals surface area contributed by atoms with Gasteiger partial charge < -0.3 is 0 Å². The largest absolute Gasteiger partial charge is 0.417 e. The molecule has 90 valence electrons. The van der Waals surface area contributed by atoms with E-state index in [1.165, 1.54) is 0 Å². The van der Waals surface area contributed by atoms with Crippen LogP contribution in [0.3, 0.4) is 0 Å². The second-order valence-corrected chi connectivity index (χ2v) is 3.72. The van der Waals surface area contributed by atoms with E-state index in [0.29, 0.717) is 6.07 Å². The van der Waals surface area contributed by atoms with Crippen LogP contribution in [0.25, 0.3) is 0 Å². The van der Waals surface area contributed by atoms with Crippen LogP contribution in [0.2, 0.25) is 5.15 Å². The van der Waals surface area contributed by atoms with Crippen molar-refractivity contribution in [2.45, 2.75) is 17.9 Å². The van der Waals surface area contributed by atoms with Crippen LogP contribution in [-0.2, 0) is 11.5 Å². The van der Waals surface area contributed by atoms with Crippen molar-refractivity contribution in [3.63, 3.8) is 0 Å². The first-order valence-electron chi connectivity index (χ1n) is 3.88. The van der Waals surface area contributed by atoms with Crippen molar-refractivity contribution in [3.05, 3.63) is 28.0 Å². The molecule has 16 heavy (non-hydrogen) atoms. The van der Waals surface area contributed by atoms with Crippen molar-refractivity contribution >= 4 is 27.5 Å². The molecule has 1 rings (SSSR count). The fraction of sp³-hybridized carbons (Fsp3) is 0.375. The van der Waals surface area contributed by atoms with Gasteiger partial charge in [0.25, 0.3) is 6.43 Å². The molecule has 0 unspecified atom stereocenters. The molecule has 1 heterocycles. The molecule has 0 atom stereocenters. The lowest BCUT2D eigenvalue weighted by Gasteiger charge is -2.14. The van der Waals surface area contributed by atoms with E-state index < -0.39 is 28.9 Å². The third kappa shape index (κ3) is 2.82. The summed E-state index contributed by atoms with van der Waals surface area (Å²) in [5.74, 6) is 0.